The number of nitrogens with zero attached hydrogens (tertiary/aromatic N) is 1. The second-order valence-electron chi connectivity index (χ2n) is 9.10. The molecule has 1 N–H and O–H groups in total. The van der Waals surface area contributed by atoms with Gasteiger partial charge in [-0.15, -0.1) is 0 Å². The zero-order valence-electron chi connectivity index (χ0n) is 19.1. The van der Waals surface area contributed by atoms with Gasteiger partial charge >= 0.3 is 0 Å². The number of hydrogen-bond acceptors (Lipinski definition) is 3. The molecule has 0 saturated carbocycles. The molecule has 2 aromatic carbocycles. The van der Waals surface area contributed by atoms with Gasteiger partial charge in [-0.1, -0.05) is 64.1 Å². The summed E-state index contributed by atoms with van der Waals surface area (Å²) in [7, 11) is 0. The van der Waals surface area contributed by atoms with E-state index in [1.807, 2.05) is 35.2 Å². The number of hydrogen-bond donors (Lipinski definition) is 1. The summed E-state index contributed by atoms with van der Waals surface area (Å²) in [5, 5.41) is 2.87. The molecule has 0 saturated heterocycles. The maximum absolute atomic E-state index is 13.1. The van der Waals surface area contributed by atoms with Gasteiger partial charge in [0, 0.05) is 19.5 Å². The number of amides is 2. The van der Waals surface area contributed by atoms with Crippen molar-refractivity contribution < 1.29 is 14.3 Å². The first kappa shape index (κ1) is 22.9. The van der Waals surface area contributed by atoms with Gasteiger partial charge in [-0.3, -0.25) is 9.59 Å². The molecule has 1 aliphatic rings. The van der Waals surface area contributed by atoms with Crippen molar-refractivity contribution in [2.75, 3.05) is 19.7 Å². The van der Waals surface area contributed by atoms with Crippen molar-refractivity contribution in [2.24, 2.45) is 11.8 Å². The van der Waals surface area contributed by atoms with Gasteiger partial charge in [0.15, 0.2) is 6.61 Å². The van der Waals surface area contributed by atoms with Crippen molar-refractivity contribution in [3.05, 3.63) is 65.2 Å². The van der Waals surface area contributed by atoms with Crippen LogP contribution in [0.5, 0.6) is 5.75 Å². The summed E-state index contributed by atoms with van der Waals surface area (Å²) < 4.78 is 5.80. The third-order valence-corrected chi connectivity index (χ3v) is 5.44. The minimum absolute atomic E-state index is 0.0164. The van der Waals surface area contributed by atoms with Crippen LogP contribution in [0.3, 0.4) is 0 Å². The lowest BCUT2D eigenvalue weighted by molar-refractivity contribution is -0.134. The van der Waals surface area contributed by atoms with E-state index in [-0.39, 0.29) is 24.5 Å². The van der Waals surface area contributed by atoms with E-state index in [1.54, 1.807) is 0 Å². The van der Waals surface area contributed by atoms with E-state index in [4.69, 9.17) is 4.74 Å². The molecule has 0 fully saturated rings. The van der Waals surface area contributed by atoms with Crippen molar-refractivity contribution in [3.63, 3.8) is 0 Å². The highest BCUT2D eigenvalue weighted by atomic mass is 16.5. The molecule has 0 radical (unpaired) electrons. The van der Waals surface area contributed by atoms with Gasteiger partial charge in [0.25, 0.3) is 5.91 Å². The smallest absolute Gasteiger partial charge is 0.257 e. The molecule has 5 heteroatoms. The number of nitrogens with one attached hydrogen (secondary N) is 1. The SMILES string of the molecule is CC(C)CNC(=O)COc1ccc2c(c1)C(c1ccccc1)N(C(=O)CC(C)C)CC2. The Morgan fingerprint density at radius 2 is 1.81 bits per heavy atom. The monoisotopic (exact) mass is 422 g/mol. The summed E-state index contributed by atoms with van der Waals surface area (Å²) in [6.07, 6.45) is 1.35. The van der Waals surface area contributed by atoms with Crippen LogP contribution in [0.25, 0.3) is 0 Å². The fraction of sp³-hybridized carbons (Fsp3) is 0.462. The van der Waals surface area contributed by atoms with Crippen molar-refractivity contribution in [1.29, 1.82) is 0 Å². The van der Waals surface area contributed by atoms with Gasteiger partial charge in [0.05, 0.1) is 6.04 Å². The van der Waals surface area contributed by atoms with Gasteiger partial charge in [-0.2, -0.15) is 0 Å². The van der Waals surface area contributed by atoms with E-state index < -0.39 is 0 Å². The molecule has 3 rings (SSSR count). The lowest BCUT2D eigenvalue weighted by Gasteiger charge is -2.38. The van der Waals surface area contributed by atoms with Crippen LogP contribution in [0.1, 0.15) is 56.8 Å². The zero-order valence-corrected chi connectivity index (χ0v) is 19.1. The van der Waals surface area contributed by atoms with Crippen molar-refractivity contribution in [3.8, 4) is 5.75 Å². The molecule has 0 aliphatic carbocycles. The van der Waals surface area contributed by atoms with Crippen LogP contribution in [0.2, 0.25) is 0 Å². The second kappa shape index (κ2) is 10.5. The van der Waals surface area contributed by atoms with Crippen LogP contribution in [0.15, 0.2) is 48.5 Å². The van der Waals surface area contributed by atoms with Crippen LogP contribution in [0, 0.1) is 11.8 Å². The molecule has 0 aromatic heterocycles. The highest BCUT2D eigenvalue weighted by molar-refractivity contribution is 5.78. The third-order valence-electron chi connectivity index (χ3n) is 5.44. The van der Waals surface area contributed by atoms with Gasteiger partial charge in [-0.05, 0) is 47.1 Å². The summed E-state index contributed by atoms with van der Waals surface area (Å²) in [6.45, 7) is 9.58. The van der Waals surface area contributed by atoms with Gasteiger partial charge in [0.2, 0.25) is 5.91 Å². The number of rotatable bonds is 8. The molecule has 5 nitrogen and oxygen atoms in total. The summed E-state index contributed by atoms with van der Waals surface area (Å²) in [6, 6.07) is 16.0. The van der Waals surface area contributed by atoms with E-state index in [2.05, 4.69) is 51.2 Å². The molecule has 0 spiro atoms. The molecular formula is C26H34N2O3. The number of carbonyl (C=O) groups excluding carboxylic acids is 2. The molecule has 0 bridgehead atoms. The lowest BCUT2D eigenvalue weighted by Crippen LogP contribution is -2.41. The quantitative estimate of drug-likeness (QED) is 0.688. The Kier molecular flexibility index (Phi) is 7.72. The predicted octanol–water partition coefficient (Wildman–Crippen LogP) is 4.36. The van der Waals surface area contributed by atoms with E-state index in [0.717, 1.165) is 17.5 Å². The number of fused-ring (bicyclic) bond motifs is 1. The van der Waals surface area contributed by atoms with Crippen molar-refractivity contribution in [1.82, 2.24) is 10.2 Å². The number of carbonyl (C=O) groups is 2. The topological polar surface area (TPSA) is 58.6 Å². The molecule has 1 aliphatic heterocycles. The maximum atomic E-state index is 13.1. The fourth-order valence-corrected chi connectivity index (χ4v) is 3.93. The molecule has 166 valence electrons. The number of benzene rings is 2. The molecule has 31 heavy (non-hydrogen) atoms. The Hall–Kier alpha value is -2.82. The average molecular weight is 423 g/mol. The minimum Gasteiger partial charge on any atom is -0.484 e. The Labute approximate surface area is 185 Å². The number of ether oxygens (including phenoxy) is 1. The van der Waals surface area contributed by atoms with Crippen LogP contribution < -0.4 is 10.1 Å². The average Bonchev–Trinajstić information content (AvgIpc) is 2.75. The highest BCUT2D eigenvalue weighted by Gasteiger charge is 2.32. The minimum atomic E-state index is -0.144. The second-order valence-corrected chi connectivity index (χ2v) is 9.10. The molecular weight excluding hydrogens is 388 g/mol. The van der Waals surface area contributed by atoms with E-state index in [1.165, 1.54) is 5.56 Å². The largest absolute Gasteiger partial charge is 0.484 e. The lowest BCUT2D eigenvalue weighted by atomic mass is 9.87. The normalized spacial score (nSPS) is 15.7. The van der Waals surface area contributed by atoms with Crippen LogP contribution in [0.4, 0.5) is 0 Å². The molecule has 2 amide bonds. The summed E-state index contributed by atoms with van der Waals surface area (Å²) in [4.78, 5) is 27.1. The molecule has 2 aromatic rings. The highest BCUT2D eigenvalue weighted by Crippen LogP contribution is 2.37. The molecule has 1 heterocycles. The van der Waals surface area contributed by atoms with E-state index >= 15 is 0 Å². The first-order chi connectivity index (χ1) is 14.8. The first-order valence-electron chi connectivity index (χ1n) is 11.2. The zero-order chi connectivity index (χ0) is 22.4. The fourth-order valence-electron chi connectivity index (χ4n) is 3.93. The van der Waals surface area contributed by atoms with Gasteiger partial charge in [0.1, 0.15) is 5.75 Å². The third kappa shape index (κ3) is 6.09. The Morgan fingerprint density at radius 3 is 2.48 bits per heavy atom. The Bertz CT molecular complexity index is 893. The van der Waals surface area contributed by atoms with Crippen LogP contribution in [-0.4, -0.2) is 36.4 Å². The summed E-state index contributed by atoms with van der Waals surface area (Å²) in [5.74, 6) is 1.41. The first-order valence-corrected chi connectivity index (χ1v) is 11.2. The Morgan fingerprint density at radius 1 is 1.06 bits per heavy atom. The molecule has 1 unspecified atom stereocenters. The summed E-state index contributed by atoms with van der Waals surface area (Å²) in [5.41, 5.74) is 3.39. The van der Waals surface area contributed by atoms with Crippen LogP contribution in [-0.2, 0) is 16.0 Å². The van der Waals surface area contributed by atoms with Crippen molar-refractivity contribution in [2.45, 2.75) is 46.6 Å². The van der Waals surface area contributed by atoms with Crippen molar-refractivity contribution >= 4 is 11.8 Å². The van der Waals surface area contributed by atoms with Crippen LogP contribution >= 0.6 is 0 Å². The maximum Gasteiger partial charge on any atom is 0.257 e. The summed E-state index contributed by atoms with van der Waals surface area (Å²) >= 11 is 0. The van der Waals surface area contributed by atoms with E-state index in [9.17, 15) is 9.59 Å². The standard InChI is InChI=1S/C26H34N2O3/c1-18(2)14-25(30)28-13-12-20-10-11-22(31-17-24(29)27-16-19(3)4)15-23(20)26(28)21-8-6-5-7-9-21/h5-11,15,18-19,26H,12-14,16-17H2,1-4H3,(H,27,29). The van der Waals surface area contributed by atoms with Gasteiger partial charge in [-0.25, -0.2) is 0 Å². The van der Waals surface area contributed by atoms with Gasteiger partial charge < -0.3 is 15.0 Å². The van der Waals surface area contributed by atoms with E-state index in [0.29, 0.717) is 37.1 Å². The molecule has 1 atom stereocenters. The predicted molar refractivity (Wildman–Crippen MR) is 123 cm³/mol. The Balaban J connectivity index is 1.85.